The molecule has 1 aromatic heterocycles. The van der Waals surface area contributed by atoms with E-state index in [1.807, 2.05) is 4.90 Å². The van der Waals surface area contributed by atoms with Crippen molar-refractivity contribution >= 4 is 110 Å². The highest BCUT2D eigenvalue weighted by molar-refractivity contribution is 7.99. The molecule has 31 heteroatoms. The summed E-state index contributed by atoms with van der Waals surface area (Å²) in [5.74, 6) is -14.3. The number of likely N-dealkylation sites (tertiary alicyclic amines) is 1. The van der Waals surface area contributed by atoms with Gasteiger partial charge < -0.3 is 77.6 Å². The number of benzene rings is 1. The SMILES string of the molecule is CC[C@H](C)[C@@H]1CC(=O)CNC(=O)[C@H]2CC(=O)[C@H]([C@@H](C)[C@@H](O)CO)NC(=O)[C@@H]3C[C@@H](O)CN3C(=O)[C@H](CC(N)=O)NC(=O)[C@H](CS(=O)c3[nH]c4c(CSC5CCN(C(=O)CCCCCNC(=O)CCCCCCC(=O)C(C)CC(=O)O)CC5)c(OC)ccc4c3C2)NC(=O)CNC1=O. The van der Waals surface area contributed by atoms with Crippen LogP contribution in [0, 0.1) is 29.6 Å². The number of H-pyrrole nitrogens is 1. The molecule has 538 valence electrons. The van der Waals surface area contributed by atoms with Crippen molar-refractivity contribution in [2.24, 2.45) is 35.3 Å². The number of unbranched alkanes of at least 4 members (excludes halogenated alkanes) is 5. The minimum absolute atomic E-state index is 0.0213. The number of ketones is 3. The third kappa shape index (κ3) is 22.9. The van der Waals surface area contributed by atoms with E-state index >= 15 is 9.00 Å². The molecule has 2 bridgehead atoms. The quantitative estimate of drug-likeness (QED) is 0.0541. The topological polar surface area (TPSA) is 450 Å². The maximum atomic E-state index is 15.5. The monoisotopic (exact) mass is 1400 g/mol. The number of ether oxygens (including phenoxy) is 1. The molecule has 0 aliphatic carbocycles. The molecule has 0 radical (unpaired) electrons. The predicted molar refractivity (Wildman–Crippen MR) is 356 cm³/mol. The molecule has 29 nitrogen and oxygen atoms in total. The molecule has 2 saturated heterocycles. The number of aromatic nitrogens is 1. The minimum atomic E-state index is -2.42. The molecule has 4 aliphatic heterocycles. The Morgan fingerprint density at radius 2 is 1.52 bits per heavy atom. The molecule has 5 heterocycles. The zero-order valence-electron chi connectivity index (χ0n) is 56.1. The smallest absolute Gasteiger partial charge is 0.304 e. The van der Waals surface area contributed by atoms with Crippen molar-refractivity contribution in [1.29, 1.82) is 0 Å². The Morgan fingerprint density at radius 1 is 0.835 bits per heavy atom. The maximum Gasteiger partial charge on any atom is 0.304 e. The average molecular weight is 1400 g/mol. The van der Waals surface area contributed by atoms with E-state index in [0.29, 0.717) is 106 Å². The number of fused-ring (bicyclic) bond motifs is 5. The van der Waals surface area contributed by atoms with Crippen molar-refractivity contribution in [3.8, 4) is 5.75 Å². The van der Waals surface area contributed by atoms with E-state index in [4.69, 9.17) is 15.6 Å². The number of carboxylic acids is 1. The highest BCUT2D eigenvalue weighted by atomic mass is 32.2. The van der Waals surface area contributed by atoms with Crippen LogP contribution in [0.3, 0.4) is 0 Å². The van der Waals surface area contributed by atoms with Crippen molar-refractivity contribution in [1.82, 2.24) is 46.7 Å². The second-order valence-electron chi connectivity index (χ2n) is 26.1. The van der Waals surface area contributed by atoms with Gasteiger partial charge in [0.05, 0.1) is 80.0 Å². The molecule has 13 N–H and O–H groups in total. The largest absolute Gasteiger partial charge is 0.496 e. The van der Waals surface area contributed by atoms with Crippen LogP contribution in [-0.2, 0) is 85.3 Å². The highest BCUT2D eigenvalue weighted by Crippen LogP contribution is 2.39. The number of Topliss-reactive ketones (excluding diaryl/α,β-unsaturated/α-hetero) is 3. The van der Waals surface area contributed by atoms with E-state index in [1.165, 1.54) is 14.0 Å². The number of methoxy groups -OCH3 is 1. The number of nitrogens with two attached hydrogens (primary N) is 1. The number of aliphatic hydroxyl groups excluding tert-OH is 3. The summed E-state index contributed by atoms with van der Waals surface area (Å²) >= 11 is 1.59. The summed E-state index contributed by atoms with van der Waals surface area (Å²) in [7, 11) is -0.963. The number of nitrogens with zero attached hydrogens (tertiary/aromatic N) is 2. The van der Waals surface area contributed by atoms with Gasteiger partial charge >= 0.3 is 5.97 Å². The molecule has 2 aromatic rings. The standard InChI is InChI=1S/C66H98N10O19S2/c1-6-36(2)44-27-40(78)30-69-61(89)39-25-45-43-17-18-53(95-5)46(34-96-42-19-22-75(23-20-42)57(86)16-12-9-13-21-68-55(84)15-11-8-7-10-14-50(80)37(3)24-58(87)88)60(43)74-65(45)97(94)35-48(71-56(85)31-70-62(44)90)63(91)72-47(29-54(67)83)66(93)76-32-41(79)28-49(76)64(92)73-59(51(81)26-39)38(4)52(82)33-77/h17-18,36-39,41-42,44,47-49,52,59,74,77,79,82H,6-16,19-35H2,1-5H3,(H2,67,83)(H,68,84)(H,69,89)(H,70,90)(H,71,85)(H,72,91)(H,73,92)(H,87,88)/t36-,37?,38-,39+,41+,44-,47-,48-,49-,52-,59-,97?/m0/s1. The van der Waals surface area contributed by atoms with E-state index < -0.39 is 193 Å². The summed E-state index contributed by atoms with van der Waals surface area (Å²) in [4.78, 5) is 183. The Bertz CT molecular complexity index is 3210. The number of carbonyl (C=O) groups excluding carboxylic acids is 12. The Hall–Kier alpha value is -7.35. The first-order chi connectivity index (χ1) is 46.1. The molecule has 0 spiro atoms. The summed E-state index contributed by atoms with van der Waals surface area (Å²) in [6, 6.07) is -3.66. The normalized spacial score (nSPS) is 24.3. The molecule has 4 aliphatic rings. The molecular formula is C66H98N10O19S2. The van der Waals surface area contributed by atoms with Crippen LogP contribution in [0.25, 0.3) is 10.9 Å². The summed E-state index contributed by atoms with van der Waals surface area (Å²) in [6.07, 6.45) is 1.68. The second kappa shape index (κ2) is 38.1. The van der Waals surface area contributed by atoms with Crippen LogP contribution < -0.4 is 42.4 Å². The number of carbonyl (C=O) groups is 13. The lowest BCUT2D eigenvalue weighted by Gasteiger charge is -2.32. The van der Waals surface area contributed by atoms with Gasteiger partial charge in [0, 0.05) is 110 Å². The molecule has 9 amide bonds. The number of thioether (sulfide) groups is 1. The molecule has 6 rings (SSSR count). The van der Waals surface area contributed by atoms with Crippen LogP contribution in [0.4, 0.5) is 0 Å². The van der Waals surface area contributed by atoms with Gasteiger partial charge in [0.1, 0.15) is 34.7 Å². The van der Waals surface area contributed by atoms with E-state index in [-0.39, 0.29) is 52.0 Å². The Kier molecular flexibility index (Phi) is 30.9. The van der Waals surface area contributed by atoms with Gasteiger partial charge in [-0.1, -0.05) is 53.4 Å². The summed E-state index contributed by atoms with van der Waals surface area (Å²) in [6.45, 7) is 5.18. The van der Waals surface area contributed by atoms with Gasteiger partial charge in [-0.05, 0) is 68.6 Å². The lowest BCUT2D eigenvalue weighted by atomic mass is 9.85. The van der Waals surface area contributed by atoms with Gasteiger partial charge in [0.25, 0.3) is 0 Å². The number of carboxylic acid groups (broad SMARTS) is 1. The van der Waals surface area contributed by atoms with Crippen molar-refractivity contribution in [2.45, 2.75) is 202 Å². The zero-order chi connectivity index (χ0) is 71.2. The Labute approximate surface area is 571 Å². The minimum Gasteiger partial charge on any atom is -0.496 e. The highest BCUT2D eigenvalue weighted by Gasteiger charge is 2.45. The average Bonchev–Trinajstić information content (AvgIpc) is 1.62. The number of primary amides is 1. The van der Waals surface area contributed by atoms with Crippen molar-refractivity contribution in [3.63, 3.8) is 0 Å². The van der Waals surface area contributed by atoms with Crippen molar-refractivity contribution < 1.29 is 91.7 Å². The van der Waals surface area contributed by atoms with Crippen molar-refractivity contribution in [3.05, 3.63) is 23.3 Å². The summed E-state index contributed by atoms with van der Waals surface area (Å²) in [5, 5.41) is 57.0. The Morgan fingerprint density at radius 3 is 2.19 bits per heavy atom. The van der Waals surface area contributed by atoms with E-state index in [9.17, 15) is 72.9 Å². The number of hydrogen-bond acceptors (Lipinski definition) is 19. The predicted octanol–water partition coefficient (Wildman–Crippen LogP) is 0.485. The van der Waals surface area contributed by atoms with Crippen LogP contribution >= 0.6 is 11.8 Å². The second-order valence-corrected chi connectivity index (χ2v) is 28.9. The lowest BCUT2D eigenvalue weighted by Crippen LogP contribution is -2.60. The van der Waals surface area contributed by atoms with Crippen LogP contribution in [0.1, 0.15) is 154 Å². The van der Waals surface area contributed by atoms with Crippen LogP contribution in [0.15, 0.2) is 17.2 Å². The molecule has 2 unspecified atom stereocenters. The van der Waals surface area contributed by atoms with Gasteiger partial charge in [-0.3, -0.25) is 66.5 Å². The van der Waals surface area contributed by atoms with Crippen LogP contribution in [0.2, 0.25) is 0 Å². The first kappa shape index (κ1) is 78.6. The summed E-state index contributed by atoms with van der Waals surface area (Å²) < 4.78 is 21.4. The van der Waals surface area contributed by atoms with Crippen LogP contribution in [-0.4, -0.2) is 216 Å². The van der Waals surface area contributed by atoms with Gasteiger partial charge in [-0.25, -0.2) is 0 Å². The van der Waals surface area contributed by atoms with E-state index in [2.05, 4.69) is 36.9 Å². The zero-order valence-corrected chi connectivity index (χ0v) is 57.7. The molecule has 97 heavy (non-hydrogen) atoms. The molecule has 2 fully saturated rings. The fourth-order valence-electron chi connectivity index (χ4n) is 12.8. The number of hydrogen-bond donors (Lipinski definition) is 12. The van der Waals surface area contributed by atoms with Crippen molar-refractivity contribution in [2.75, 3.05) is 58.7 Å². The summed E-state index contributed by atoms with van der Waals surface area (Å²) in [5.41, 5.74) is 6.77. The van der Waals surface area contributed by atoms with Gasteiger partial charge in [0.2, 0.25) is 53.2 Å². The fraction of sp³-hybridized carbons (Fsp3) is 0.682. The lowest BCUT2D eigenvalue weighted by molar-refractivity contribution is -0.144. The molecule has 1 aromatic carbocycles. The third-order valence-electron chi connectivity index (χ3n) is 18.9. The fourth-order valence-corrected chi connectivity index (χ4v) is 15.4. The number of amides is 9. The number of rotatable bonds is 27. The molecular weight excluding hydrogens is 1300 g/mol. The van der Waals surface area contributed by atoms with Gasteiger partial charge in [-0.2, -0.15) is 11.8 Å². The van der Waals surface area contributed by atoms with E-state index in [0.717, 1.165) is 24.2 Å². The number of aliphatic hydroxyl groups is 3. The Balaban J connectivity index is 1.27. The third-order valence-corrected chi connectivity index (χ3v) is 21.7. The maximum absolute atomic E-state index is 15.5. The number of aliphatic carboxylic acids is 1. The van der Waals surface area contributed by atoms with Gasteiger partial charge in [-0.15, -0.1) is 0 Å². The number of nitrogens with one attached hydrogen (secondary N) is 7. The van der Waals surface area contributed by atoms with Gasteiger partial charge in [0.15, 0.2) is 11.6 Å². The first-order valence-electron chi connectivity index (χ1n) is 33.7. The van der Waals surface area contributed by atoms with E-state index in [1.54, 1.807) is 44.7 Å². The number of aromatic amines is 1. The first-order valence-corrected chi connectivity index (χ1v) is 36.1. The number of piperidine rings is 1. The van der Waals surface area contributed by atoms with Crippen LogP contribution in [0.5, 0.6) is 5.75 Å². The molecule has 12 atom stereocenters. The molecule has 0 saturated carbocycles.